The number of hydrogen-bond acceptors (Lipinski definition) is 7. The van der Waals surface area contributed by atoms with Crippen molar-refractivity contribution in [1.29, 1.82) is 0 Å². The van der Waals surface area contributed by atoms with Gasteiger partial charge in [0, 0.05) is 29.6 Å². The highest BCUT2D eigenvalue weighted by Gasteiger charge is 2.22. The van der Waals surface area contributed by atoms with Crippen molar-refractivity contribution in [2.24, 2.45) is 5.92 Å². The Bertz CT molecular complexity index is 1440. The first-order valence-electron chi connectivity index (χ1n) is 11.3. The average molecular weight is 488 g/mol. The van der Waals surface area contributed by atoms with E-state index in [1.54, 1.807) is 24.3 Å². The molecule has 1 amide bonds. The molecule has 9 heteroatoms. The SMILES string of the molecule is CC(C)CNC(=O)c1c(-c2ccc(COC(=O)c3ccc([N+](=O)[O-])c(O)c3)cc2)oc2ccccc12. The maximum absolute atomic E-state index is 13.0. The lowest BCUT2D eigenvalue weighted by Gasteiger charge is -2.09. The molecule has 3 aromatic carbocycles. The Morgan fingerprint density at radius 3 is 2.47 bits per heavy atom. The summed E-state index contributed by atoms with van der Waals surface area (Å²) in [7, 11) is 0. The number of hydrogen-bond donors (Lipinski definition) is 2. The molecule has 1 aromatic heterocycles. The number of carbonyl (C=O) groups excluding carboxylic acids is 2. The Labute approximate surface area is 206 Å². The van der Waals surface area contributed by atoms with Crippen LogP contribution in [-0.2, 0) is 11.3 Å². The maximum Gasteiger partial charge on any atom is 0.338 e. The molecule has 0 unspecified atom stereocenters. The average Bonchev–Trinajstić information content (AvgIpc) is 3.25. The second-order valence-electron chi connectivity index (χ2n) is 8.64. The second kappa shape index (κ2) is 10.3. The lowest BCUT2D eigenvalue weighted by molar-refractivity contribution is -0.385. The number of ether oxygens (including phenoxy) is 1. The molecule has 0 fully saturated rings. The Morgan fingerprint density at radius 1 is 1.08 bits per heavy atom. The summed E-state index contributed by atoms with van der Waals surface area (Å²) >= 11 is 0. The van der Waals surface area contributed by atoms with Crippen LogP contribution < -0.4 is 5.32 Å². The molecule has 184 valence electrons. The Balaban J connectivity index is 1.51. The summed E-state index contributed by atoms with van der Waals surface area (Å²) in [6, 6.07) is 17.7. The lowest BCUT2D eigenvalue weighted by atomic mass is 10.0. The molecule has 0 aliphatic carbocycles. The van der Waals surface area contributed by atoms with Gasteiger partial charge in [-0.05, 0) is 23.6 Å². The van der Waals surface area contributed by atoms with Crippen LogP contribution in [0.25, 0.3) is 22.3 Å². The highest BCUT2D eigenvalue weighted by atomic mass is 16.6. The number of nitrogens with zero attached hydrogens (tertiary/aromatic N) is 1. The zero-order valence-corrected chi connectivity index (χ0v) is 19.7. The number of nitro benzene ring substituents is 1. The quantitative estimate of drug-likeness (QED) is 0.191. The van der Waals surface area contributed by atoms with Crippen molar-refractivity contribution in [2.75, 3.05) is 6.54 Å². The Kier molecular flexibility index (Phi) is 7.00. The molecular formula is C27H24N2O7. The minimum absolute atomic E-state index is 0.00551. The third kappa shape index (κ3) is 5.20. The number of phenolic OH excluding ortho intramolecular Hbond substituents is 1. The molecule has 0 atom stereocenters. The molecule has 1 heterocycles. The summed E-state index contributed by atoms with van der Waals surface area (Å²) in [5, 5.41) is 24.2. The van der Waals surface area contributed by atoms with Crippen LogP contribution in [0, 0.1) is 16.0 Å². The lowest BCUT2D eigenvalue weighted by Crippen LogP contribution is -2.27. The number of phenols is 1. The maximum atomic E-state index is 13.0. The fourth-order valence-corrected chi connectivity index (χ4v) is 3.65. The van der Waals surface area contributed by atoms with E-state index in [9.17, 15) is 24.8 Å². The number of carbonyl (C=O) groups is 2. The van der Waals surface area contributed by atoms with Crippen LogP contribution in [0.5, 0.6) is 5.75 Å². The highest BCUT2D eigenvalue weighted by Crippen LogP contribution is 2.34. The molecule has 2 N–H and O–H groups in total. The fourth-order valence-electron chi connectivity index (χ4n) is 3.65. The fraction of sp³-hybridized carbons (Fsp3) is 0.185. The molecule has 0 saturated carbocycles. The van der Waals surface area contributed by atoms with E-state index in [1.807, 2.05) is 38.1 Å². The molecule has 0 aliphatic rings. The van der Waals surface area contributed by atoms with Gasteiger partial charge in [0.15, 0.2) is 5.75 Å². The summed E-state index contributed by atoms with van der Waals surface area (Å²) < 4.78 is 11.3. The van der Waals surface area contributed by atoms with Gasteiger partial charge >= 0.3 is 11.7 Å². The van der Waals surface area contributed by atoms with Gasteiger partial charge in [-0.25, -0.2) is 4.79 Å². The van der Waals surface area contributed by atoms with Gasteiger partial charge in [-0.1, -0.05) is 56.3 Å². The van der Waals surface area contributed by atoms with E-state index in [0.29, 0.717) is 40.5 Å². The van der Waals surface area contributed by atoms with Crippen molar-refractivity contribution in [3.8, 4) is 17.1 Å². The number of amides is 1. The molecule has 4 aromatic rings. The van der Waals surface area contributed by atoms with Crippen molar-refractivity contribution < 1.29 is 28.8 Å². The van der Waals surface area contributed by atoms with Gasteiger partial charge in [0.25, 0.3) is 5.91 Å². The van der Waals surface area contributed by atoms with Crippen molar-refractivity contribution in [1.82, 2.24) is 5.32 Å². The highest BCUT2D eigenvalue weighted by molar-refractivity contribution is 6.11. The van der Waals surface area contributed by atoms with E-state index in [0.717, 1.165) is 17.5 Å². The topological polar surface area (TPSA) is 132 Å². The van der Waals surface area contributed by atoms with Crippen LogP contribution >= 0.6 is 0 Å². The first kappa shape index (κ1) is 24.5. The minimum Gasteiger partial charge on any atom is -0.502 e. The summed E-state index contributed by atoms with van der Waals surface area (Å²) in [6.45, 7) is 4.52. The van der Waals surface area contributed by atoms with Crippen LogP contribution in [0.1, 0.15) is 40.1 Å². The molecule has 0 aliphatic heterocycles. The number of nitrogens with one attached hydrogen (secondary N) is 1. The van der Waals surface area contributed by atoms with Crippen LogP contribution in [0.3, 0.4) is 0 Å². The van der Waals surface area contributed by atoms with Crippen molar-refractivity contribution in [3.63, 3.8) is 0 Å². The molecule has 0 spiro atoms. The first-order chi connectivity index (χ1) is 17.2. The predicted octanol–water partition coefficient (Wildman–Crippen LogP) is 5.46. The van der Waals surface area contributed by atoms with E-state index in [-0.39, 0.29) is 18.1 Å². The standard InChI is InChI=1S/C27H24N2O7/c1-16(2)14-28-26(31)24-20-5-3-4-6-23(20)36-25(24)18-9-7-17(8-10-18)15-35-27(32)19-11-12-21(29(33)34)22(30)13-19/h3-13,16,30H,14-15H2,1-2H3,(H,28,31). The van der Waals surface area contributed by atoms with Crippen LogP contribution in [0.2, 0.25) is 0 Å². The zero-order valence-electron chi connectivity index (χ0n) is 19.7. The smallest absolute Gasteiger partial charge is 0.338 e. The second-order valence-corrected chi connectivity index (χ2v) is 8.64. The normalized spacial score (nSPS) is 11.0. The monoisotopic (exact) mass is 488 g/mol. The van der Waals surface area contributed by atoms with Crippen molar-refractivity contribution in [2.45, 2.75) is 20.5 Å². The zero-order chi connectivity index (χ0) is 25.8. The minimum atomic E-state index is -0.743. The molecular weight excluding hydrogens is 464 g/mol. The number of fused-ring (bicyclic) bond motifs is 1. The van der Waals surface area contributed by atoms with Gasteiger partial charge in [0.1, 0.15) is 18.0 Å². The molecule has 9 nitrogen and oxygen atoms in total. The van der Waals surface area contributed by atoms with E-state index in [4.69, 9.17) is 9.15 Å². The third-order valence-corrected chi connectivity index (χ3v) is 5.49. The van der Waals surface area contributed by atoms with E-state index >= 15 is 0 Å². The molecule has 0 radical (unpaired) electrons. The van der Waals surface area contributed by atoms with Crippen LogP contribution in [0.15, 0.2) is 71.1 Å². The summed E-state index contributed by atoms with van der Waals surface area (Å²) in [5.74, 6) is -0.813. The summed E-state index contributed by atoms with van der Waals surface area (Å²) in [4.78, 5) is 35.4. The van der Waals surface area contributed by atoms with Gasteiger partial charge in [-0.2, -0.15) is 0 Å². The number of furan rings is 1. The molecule has 0 saturated heterocycles. The van der Waals surface area contributed by atoms with Crippen molar-refractivity contribution in [3.05, 3.63) is 93.5 Å². The van der Waals surface area contributed by atoms with Gasteiger partial charge in [-0.15, -0.1) is 0 Å². The predicted molar refractivity (Wildman–Crippen MR) is 133 cm³/mol. The number of para-hydroxylation sites is 1. The summed E-state index contributed by atoms with van der Waals surface area (Å²) in [5.41, 5.74) is 1.94. The number of nitro groups is 1. The molecule has 36 heavy (non-hydrogen) atoms. The third-order valence-electron chi connectivity index (χ3n) is 5.49. The van der Waals surface area contributed by atoms with E-state index < -0.39 is 22.3 Å². The number of benzene rings is 3. The summed E-state index contributed by atoms with van der Waals surface area (Å²) in [6.07, 6.45) is 0. The van der Waals surface area contributed by atoms with E-state index in [2.05, 4.69) is 5.32 Å². The Morgan fingerprint density at radius 2 is 1.81 bits per heavy atom. The van der Waals surface area contributed by atoms with Gasteiger partial charge < -0.3 is 19.6 Å². The molecule has 0 bridgehead atoms. The van der Waals surface area contributed by atoms with Gasteiger partial charge in [-0.3, -0.25) is 14.9 Å². The van der Waals surface area contributed by atoms with Gasteiger partial charge in [0.2, 0.25) is 0 Å². The van der Waals surface area contributed by atoms with Crippen LogP contribution in [0.4, 0.5) is 5.69 Å². The van der Waals surface area contributed by atoms with Gasteiger partial charge in [0.05, 0.1) is 16.1 Å². The number of esters is 1. The number of rotatable bonds is 8. The first-order valence-corrected chi connectivity index (χ1v) is 11.3. The molecule has 4 rings (SSSR count). The largest absolute Gasteiger partial charge is 0.502 e. The number of aromatic hydroxyl groups is 1. The van der Waals surface area contributed by atoms with Crippen molar-refractivity contribution >= 4 is 28.5 Å². The van der Waals surface area contributed by atoms with Crippen LogP contribution in [-0.4, -0.2) is 28.5 Å². The van der Waals surface area contributed by atoms with E-state index in [1.165, 1.54) is 6.07 Å². The Hall–Kier alpha value is -4.66.